The third kappa shape index (κ3) is 9.96. The summed E-state index contributed by atoms with van der Waals surface area (Å²) in [5.41, 5.74) is 4.46. The van der Waals surface area contributed by atoms with Crippen LogP contribution in [0.5, 0.6) is 0 Å². The molecule has 2 fully saturated rings. The van der Waals surface area contributed by atoms with Gasteiger partial charge < -0.3 is 20.1 Å². The lowest BCUT2D eigenvalue weighted by Crippen LogP contribution is -2.55. The first-order valence-corrected chi connectivity index (χ1v) is 19.3. The molecule has 3 heterocycles. The number of amides is 3. The molecule has 0 spiro atoms. The van der Waals surface area contributed by atoms with Crippen LogP contribution in [0.4, 0.5) is 9.18 Å². The number of benzene rings is 2. The minimum absolute atomic E-state index is 0.0562. The summed E-state index contributed by atoms with van der Waals surface area (Å²) in [6, 6.07) is 12.3. The first-order valence-electron chi connectivity index (χ1n) is 19.3. The highest BCUT2D eigenvalue weighted by Gasteiger charge is 2.44. The van der Waals surface area contributed by atoms with Crippen molar-refractivity contribution < 1.29 is 18.8 Å². The van der Waals surface area contributed by atoms with Crippen molar-refractivity contribution in [1.29, 1.82) is 0 Å². The molecule has 3 amide bonds. The van der Waals surface area contributed by atoms with Gasteiger partial charge in [0.1, 0.15) is 5.82 Å². The number of fused-ring (bicyclic) bond motifs is 2. The first kappa shape index (κ1) is 39.3. The van der Waals surface area contributed by atoms with E-state index in [1.807, 2.05) is 27.1 Å². The largest absolute Gasteiger partial charge is 0.361 e. The third-order valence-corrected chi connectivity index (χ3v) is 11.0. The van der Waals surface area contributed by atoms with Gasteiger partial charge in [-0.25, -0.2) is 9.18 Å². The molecule has 2 aliphatic heterocycles. The number of rotatable bonds is 13. The Kier molecular flexibility index (Phi) is 14.2. The average molecular weight is 715 g/mol. The number of ketones is 1. The number of hydrogen-bond acceptors (Lipinski definition) is 6. The number of piperidine rings is 2. The Hall–Kier alpha value is -3.86. The second-order valence-corrected chi connectivity index (χ2v) is 15.2. The molecule has 0 unspecified atom stereocenters. The number of carbonyl (C=O) groups excluding carboxylic acids is 3. The predicted molar refractivity (Wildman–Crippen MR) is 207 cm³/mol. The number of nitrogens with one attached hydrogen (secondary N) is 2. The Bertz CT molecular complexity index is 1650. The van der Waals surface area contributed by atoms with Gasteiger partial charge in [-0.1, -0.05) is 25.1 Å². The fourth-order valence-electron chi connectivity index (χ4n) is 8.21. The van der Waals surface area contributed by atoms with Crippen LogP contribution < -0.4 is 5.32 Å². The molecule has 9 nitrogen and oxygen atoms in total. The summed E-state index contributed by atoms with van der Waals surface area (Å²) in [5, 5.41) is 4.16. The van der Waals surface area contributed by atoms with E-state index in [1.54, 1.807) is 12.1 Å². The molecule has 2 aromatic carbocycles. The molecule has 3 aromatic rings. The van der Waals surface area contributed by atoms with Gasteiger partial charge in [-0.2, -0.15) is 0 Å². The van der Waals surface area contributed by atoms with Crippen LogP contribution in [0, 0.1) is 17.7 Å². The lowest BCUT2D eigenvalue weighted by Gasteiger charge is -2.47. The molecule has 3 atom stereocenters. The molecule has 2 saturated heterocycles. The summed E-state index contributed by atoms with van der Waals surface area (Å²) >= 11 is 0. The maximum Gasteiger partial charge on any atom is 0.324 e. The second kappa shape index (κ2) is 18.8. The van der Waals surface area contributed by atoms with E-state index in [4.69, 9.17) is 0 Å². The van der Waals surface area contributed by atoms with Crippen LogP contribution in [-0.2, 0) is 11.2 Å². The van der Waals surface area contributed by atoms with Gasteiger partial charge in [0.05, 0.1) is 5.92 Å². The molecule has 52 heavy (non-hydrogen) atoms. The molecule has 0 bridgehead atoms. The summed E-state index contributed by atoms with van der Waals surface area (Å²) in [6.45, 7) is 14.6. The minimum Gasteiger partial charge on any atom is -0.361 e. The molecule has 2 N–H and O–H groups in total. The number of urea groups is 1. The number of halogens is 1. The van der Waals surface area contributed by atoms with Crippen molar-refractivity contribution in [3.05, 3.63) is 83.8 Å². The van der Waals surface area contributed by atoms with Gasteiger partial charge in [0.2, 0.25) is 5.91 Å². The SMILES string of the molecule is C=CCN1C[C@H](C(=O)N(CCCN(C)C)C(=O)NCC)C[C@@H]2c3cccc4[nH]cc(c34)C[C@H]21.CC1CCN(CCCC(=O)c2ccc(F)cc2)CC1. The van der Waals surface area contributed by atoms with Crippen molar-refractivity contribution in [3.8, 4) is 0 Å². The molecular formula is C42H59FN6O3. The molecule has 1 aromatic heterocycles. The summed E-state index contributed by atoms with van der Waals surface area (Å²) in [7, 11) is 4.01. The van der Waals surface area contributed by atoms with E-state index in [0.29, 0.717) is 37.7 Å². The Morgan fingerprint density at radius 3 is 2.50 bits per heavy atom. The summed E-state index contributed by atoms with van der Waals surface area (Å²) in [6.07, 6.45) is 10.5. The zero-order valence-corrected chi connectivity index (χ0v) is 31.7. The van der Waals surface area contributed by atoms with E-state index in [2.05, 4.69) is 62.9 Å². The predicted octanol–water partition coefficient (Wildman–Crippen LogP) is 6.71. The lowest BCUT2D eigenvalue weighted by molar-refractivity contribution is -0.135. The van der Waals surface area contributed by atoms with Gasteiger partial charge in [-0.15, -0.1) is 6.58 Å². The van der Waals surface area contributed by atoms with Crippen molar-refractivity contribution >= 4 is 28.6 Å². The molecule has 1 aliphatic carbocycles. The van der Waals surface area contributed by atoms with E-state index < -0.39 is 0 Å². The zero-order valence-electron chi connectivity index (χ0n) is 31.7. The number of hydrogen-bond donors (Lipinski definition) is 2. The number of Topliss-reactive ketones (excluding diaryl/α,β-unsaturated/α-hetero) is 1. The quantitative estimate of drug-likeness (QED) is 0.151. The number of likely N-dealkylation sites (tertiary alicyclic amines) is 2. The van der Waals surface area contributed by atoms with Crippen LogP contribution in [0.3, 0.4) is 0 Å². The summed E-state index contributed by atoms with van der Waals surface area (Å²) in [4.78, 5) is 50.3. The Morgan fingerprint density at radius 2 is 1.81 bits per heavy atom. The monoisotopic (exact) mass is 714 g/mol. The number of imide groups is 1. The van der Waals surface area contributed by atoms with Gasteiger partial charge in [-0.05, 0) is 133 Å². The normalized spacial score (nSPS) is 20.5. The van der Waals surface area contributed by atoms with Gasteiger partial charge in [-0.3, -0.25) is 19.4 Å². The number of aromatic amines is 1. The minimum atomic E-state index is -0.293. The molecular weight excluding hydrogens is 655 g/mol. The Balaban J connectivity index is 0.000000233. The highest BCUT2D eigenvalue weighted by Crippen LogP contribution is 2.45. The van der Waals surface area contributed by atoms with E-state index in [0.717, 1.165) is 69.8 Å². The fraction of sp³-hybridized carbons (Fsp3) is 0.548. The second-order valence-electron chi connectivity index (χ2n) is 15.2. The van der Waals surface area contributed by atoms with Crippen LogP contribution in [0.2, 0.25) is 0 Å². The smallest absolute Gasteiger partial charge is 0.324 e. The third-order valence-electron chi connectivity index (χ3n) is 11.0. The zero-order chi connectivity index (χ0) is 37.2. The molecule has 0 saturated carbocycles. The molecule has 10 heteroatoms. The molecule has 6 rings (SSSR count). The van der Waals surface area contributed by atoms with Crippen LogP contribution in [-0.4, -0.2) is 115 Å². The number of H-pyrrole nitrogens is 1. The summed E-state index contributed by atoms with van der Waals surface area (Å²) in [5.74, 6) is 0.655. The van der Waals surface area contributed by atoms with Crippen LogP contribution in [0.15, 0.2) is 61.3 Å². The van der Waals surface area contributed by atoms with Crippen LogP contribution in [0.25, 0.3) is 10.9 Å². The molecule has 3 aliphatic rings. The number of carbonyl (C=O) groups is 3. The first-order chi connectivity index (χ1) is 25.1. The Labute approximate surface area is 309 Å². The highest BCUT2D eigenvalue weighted by atomic mass is 19.1. The van der Waals surface area contributed by atoms with Crippen molar-refractivity contribution in [2.24, 2.45) is 11.8 Å². The van der Waals surface area contributed by atoms with Gasteiger partial charge >= 0.3 is 6.03 Å². The van der Waals surface area contributed by atoms with E-state index in [9.17, 15) is 18.8 Å². The number of aromatic nitrogens is 1. The van der Waals surface area contributed by atoms with Crippen LogP contribution in [0.1, 0.15) is 79.8 Å². The van der Waals surface area contributed by atoms with E-state index in [-0.39, 0.29) is 35.4 Å². The lowest BCUT2D eigenvalue weighted by atomic mass is 9.72. The fourth-order valence-corrected chi connectivity index (χ4v) is 8.21. The highest BCUT2D eigenvalue weighted by molar-refractivity contribution is 5.96. The van der Waals surface area contributed by atoms with Gasteiger partial charge in [0.15, 0.2) is 5.78 Å². The van der Waals surface area contributed by atoms with Crippen LogP contribution >= 0.6 is 0 Å². The maximum absolute atomic E-state index is 13.7. The molecule has 0 radical (unpaired) electrons. The van der Waals surface area contributed by atoms with Crippen molar-refractivity contribution in [2.45, 2.75) is 70.8 Å². The van der Waals surface area contributed by atoms with Gasteiger partial charge in [0, 0.05) is 67.2 Å². The maximum atomic E-state index is 13.7. The van der Waals surface area contributed by atoms with E-state index >= 15 is 0 Å². The Morgan fingerprint density at radius 1 is 1.06 bits per heavy atom. The molecule has 282 valence electrons. The van der Waals surface area contributed by atoms with Crippen molar-refractivity contribution in [3.63, 3.8) is 0 Å². The van der Waals surface area contributed by atoms with E-state index in [1.165, 1.54) is 46.4 Å². The van der Waals surface area contributed by atoms with Gasteiger partial charge in [0.25, 0.3) is 0 Å². The summed E-state index contributed by atoms with van der Waals surface area (Å²) < 4.78 is 12.8. The topological polar surface area (TPSA) is 92.0 Å². The van der Waals surface area contributed by atoms with Crippen molar-refractivity contribution in [1.82, 2.24) is 29.9 Å². The standard InChI is InChI=1S/C26H37N5O2.C16H22FNO/c1-5-11-30-17-19(25(32)31(26(33)27-6-2)13-8-12-29(3)4)14-21-20-9-7-10-22-24(20)18(16-28-22)15-23(21)30;1-13-8-11-18(12-9-13)10-2-3-16(19)14-4-6-15(17)7-5-14/h5,7,9-10,16,19,21,23,28H,1,6,8,11-15,17H2,2-4H3,(H,27,33);4-7,13H,2-3,8-12H2,1H3/t19-,21-,23-;/m1./s1. The average Bonchev–Trinajstić information content (AvgIpc) is 3.55. The van der Waals surface area contributed by atoms with Crippen molar-refractivity contribution in [2.75, 3.05) is 66.5 Å². The number of nitrogens with zero attached hydrogens (tertiary/aromatic N) is 4.